The number of pyridine rings is 2. The topological polar surface area (TPSA) is 97.3 Å². The van der Waals surface area contributed by atoms with E-state index < -0.39 is 17.3 Å². The Morgan fingerprint density at radius 1 is 1.38 bits per heavy atom. The number of aromatic nitrogens is 1. The lowest BCUT2D eigenvalue weighted by Crippen LogP contribution is -2.28. The van der Waals surface area contributed by atoms with Gasteiger partial charge in [0.2, 0.25) is 0 Å². The number of rotatable bonds is 4. The lowest BCUT2D eigenvalue weighted by atomic mass is 10.0. The highest BCUT2D eigenvalue weighted by atomic mass is 19.1. The van der Waals surface area contributed by atoms with Crippen LogP contribution < -0.4 is 16.4 Å². The van der Waals surface area contributed by atoms with E-state index in [2.05, 4.69) is 0 Å². The minimum absolute atomic E-state index is 0.162. The van der Waals surface area contributed by atoms with Crippen molar-refractivity contribution in [3.8, 4) is 0 Å². The molecule has 0 aromatic carbocycles. The molecule has 2 aromatic rings. The number of nitrogens with two attached hydrogens (primary N) is 1. The second-order valence-corrected chi connectivity index (χ2v) is 7.06. The van der Waals surface area contributed by atoms with Gasteiger partial charge >= 0.3 is 5.97 Å². The van der Waals surface area contributed by atoms with E-state index >= 15 is 0 Å². The van der Waals surface area contributed by atoms with Crippen LogP contribution in [0.25, 0.3) is 5.52 Å². The Hall–Kier alpha value is -2.45. The molecule has 1 aliphatic carbocycles. The van der Waals surface area contributed by atoms with Crippen LogP contribution in [0.1, 0.15) is 46.7 Å². The normalized spacial score (nSPS) is 20.1. The van der Waals surface area contributed by atoms with E-state index in [1.54, 1.807) is 6.92 Å². The predicted molar refractivity (Wildman–Crippen MR) is 93.2 cm³/mol. The van der Waals surface area contributed by atoms with Crippen LogP contribution in [-0.2, 0) is 4.84 Å². The number of nitrogens with zero attached hydrogens (tertiary/aromatic N) is 2. The van der Waals surface area contributed by atoms with Crippen LogP contribution in [0.2, 0.25) is 0 Å². The van der Waals surface area contributed by atoms with Crippen LogP contribution in [0.4, 0.5) is 10.1 Å². The summed E-state index contributed by atoms with van der Waals surface area (Å²) in [6, 6.07) is 1.46. The van der Waals surface area contributed by atoms with Gasteiger partial charge in [0.05, 0.1) is 23.5 Å². The molecule has 1 saturated heterocycles. The van der Waals surface area contributed by atoms with Crippen LogP contribution in [0, 0.1) is 12.7 Å². The maximum Gasteiger partial charge on any atom is 0.341 e. The fourth-order valence-corrected chi connectivity index (χ4v) is 3.93. The van der Waals surface area contributed by atoms with E-state index in [0.29, 0.717) is 36.3 Å². The number of halogens is 1. The van der Waals surface area contributed by atoms with Gasteiger partial charge in [0.1, 0.15) is 5.56 Å². The minimum atomic E-state index is -1.30. The molecule has 8 heteroatoms. The summed E-state index contributed by atoms with van der Waals surface area (Å²) in [5, 5.41) is 9.33. The largest absolute Gasteiger partial charge is 0.477 e. The van der Waals surface area contributed by atoms with E-state index in [0.717, 1.165) is 29.0 Å². The zero-order valence-corrected chi connectivity index (χ0v) is 14.4. The van der Waals surface area contributed by atoms with Gasteiger partial charge in [0, 0.05) is 13.1 Å². The number of carbonyl (C=O) groups is 1. The van der Waals surface area contributed by atoms with Gasteiger partial charge in [-0.15, -0.1) is 0 Å². The Labute approximate surface area is 148 Å². The summed E-state index contributed by atoms with van der Waals surface area (Å²) in [5.74, 6) is 3.61. The van der Waals surface area contributed by atoms with Gasteiger partial charge in [-0.2, -0.15) is 0 Å². The number of anilines is 1. The Kier molecular flexibility index (Phi) is 3.96. The van der Waals surface area contributed by atoms with E-state index in [1.165, 1.54) is 6.07 Å². The zero-order chi connectivity index (χ0) is 18.6. The molecule has 3 N–H and O–H groups in total. The highest BCUT2D eigenvalue weighted by Crippen LogP contribution is 2.44. The molecule has 1 aliphatic heterocycles. The third-order valence-corrected chi connectivity index (χ3v) is 5.34. The molecule has 138 valence electrons. The van der Waals surface area contributed by atoms with Gasteiger partial charge in [0.15, 0.2) is 5.82 Å². The molecular weight excluding hydrogens is 341 g/mol. The van der Waals surface area contributed by atoms with Gasteiger partial charge in [-0.25, -0.2) is 15.1 Å². The molecule has 7 nitrogen and oxygen atoms in total. The Balaban J connectivity index is 1.97. The Morgan fingerprint density at radius 3 is 2.69 bits per heavy atom. The number of hydrogen-bond donors (Lipinski definition) is 2. The first-order valence-corrected chi connectivity index (χ1v) is 8.64. The first-order valence-electron chi connectivity index (χ1n) is 8.64. The summed E-state index contributed by atoms with van der Waals surface area (Å²) in [6.07, 6.45) is 3.51. The SMILES string of the molecule is Cc1c(N2CC[C@H](ON)C2)c(F)cn2c(=O)c(C(=O)O)cc(C3CC3)c12. The van der Waals surface area contributed by atoms with Crippen LogP contribution in [0.3, 0.4) is 0 Å². The summed E-state index contributed by atoms with van der Waals surface area (Å²) in [4.78, 5) is 30.7. The Morgan fingerprint density at radius 2 is 2.12 bits per heavy atom. The average Bonchev–Trinajstić information content (AvgIpc) is 3.33. The lowest BCUT2D eigenvalue weighted by Gasteiger charge is -2.24. The van der Waals surface area contributed by atoms with Crippen LogP contribution in [-0.4, -0.2) is 34.7 Å². The number of fused-ring (bicyclic) bond motifs is 1. The molecule has 1 saturated carbocycles. The van der Waals surface area contributed by atoms with Crippen LogP contribution in [0.15, 0.2) is 17.1 Å². The Bertz CT molecular complexity index is 967. The number of aromatic carboxylic acids is 1. The number of aryl methyl sites for hydroxylation is 1. The summed E-state index contributed by atoms with van der Waals surface area (Å²) < 4.78 is 16.1. The molecule has 2 aromatic heterocycles. The standard InChI is InChI=1S/C18H20FN3O4/c1-9-15-12(10-2-3-10)6-13(18(24)25)17(23)22(15)8-14(19)16(9)21-5-4-11(7-21)26-20/h6,8,10-11H,2-5,7,20H2,1H3,(H,24,25)/t11-/m0/s1. The molecule has 0 radical (unpaired) electrons. The second kappa shape index (κ2) is 6.07. The first-order chi connectivity index (χ1) is 12.4. The monoisotopic (exact) mass is 361 g/mol. The molecule has 3 heterocycles. The van der Waals surface area contributed by atoms with Gasteiger partial charge in [-0.05, 0) is 49.3 Å². The highest BCUT2D eigenvalue weighted by molar-refractivity contribution is 5.89. The first kappa shape index (κ1) is 17.0. The fraction of sp³-hybridized carbons (Fsp3) is 0.444. The molecule has 1 atom stereocenters. The minimum Gasteiger partial charge on any atom is -0.477 e. The van der Waals surface area contributed by atoms with Crippen molar-refractivity contribution in [3.63, 3.8) is 0 Å². The number of carboxylic acids is 1. The van der Waals surface area contributed by atoms with Crippen LogP contribution >= 0.6 is 0 Å². The van der Waals surface area contributed by atoms with Gasteiger partial charge < -0.3 is 10.0 Å². The summed E-state index contributed by atoms with van der Waals surface area (Å²) >= 11 is 0. The van der Waals surface area contributed by atoms with Crippen molar-refractivity contribution in [1.29, 1.82) is 0 Å². The van der Waals surface area contributed by atoms with Crippen molar-refractivity contribution in [2.45, 2.75) is 38.2 Å². The fourth-order valence-electron chi connectivity index (χ4n) is 3.93. The maximum atomic E-state index is 14.9. The quantitative estimate of drug-likeness (QED) is 0.806. The molecule has 0 bridgehead atoms. The van der Waals surface area contributed by atoms with E-state index in [1.807, 2.05) is 4.90 Å². The van der Waals surface area contributed by atoms with Gasteiger partial charge in [0.25, 0.3) is 5.56 Å². The predicted octanol–water partition coefficient (Wildman–Crippen LogP) is 1.79. The number of carboxylic acid groups (broad SMARTS) is 1. The molecule has 4 rings (SSSR count). The third kappa shape index (κ3) is 2.57. The van der Waals surface area contributed by atoms with Gasteiger partial charge in [-0.3, -0.25) is 14.0 Å². The molecule has 0 amide bonds. The van der Waals surface area contributed by atoms with Crippen molar-refractivity contribution in [2.24, 2.45) is 5.90 Å². The maximum absolute atomic E-state index is 14.9. The summed E-state index contributed by atoms with van der Waals surface area (Å²) in [7, 11) is 0. The lowest BCUT2D eigenvalue weighted by molar-refractivity contribution is 0.0688. The van der Waals surface area contributed by atoms with Crippen molar-refractivity contribution >= 4 is 17.2 Å². The molecule has 2 aliphatic rings. The molecule has 0 unspecified atom stereocenters. The van der Waals surface area contributed by atoms with E-state index in [4.69, 9.17) is 10.7 Å². The van der Waals surface area contributed by atoms with E-state index in [-0.39, 0.29) is 17.6 Å². The summed E-state index contributed by atoms with van der Waals surface area (Å²) in [6.45, 7) is 2.85. The highest BCUT2D eigenvalue weighted by Gasteiger charge is 2.32. The average molecular weight is 361 g/mol. The summed E-state index contributed by atoms with van der Waals surface area (Å²) in [5.41, 5.74) is 1.43. The van der Waals surface area contributed by atoms with Crippen molar-refractivity contribution < 1.29 is 19.1 Å². The smallest absolute Gasteiger partial charge is 0.341 e. The molecule has 26 heavy (non-hydrogen) atoms. The van der Waals surface area contributed by atoms with Crippen molar-refractivity contribution in [1.82, 2.24) is 4.40 Å². The van der Waals surface area contributed by atoms with Crippen molar-refractivity contribution in [2.75, 3.05) is 18.0 Å². The zero-order valence-electron chi connectivity index (χ0n) is 14.4. The molecule has 2 fully saturated rings. The number of hydrogen-bond acceptors (Lipinski definition) is 5. The molecule has 0 spiro atoms. The third-order valence-electron chi connectivity index (χ3n) is 5.34. The second-order valence-electron chi connectivity index (χ2n) is 7.06. The molecular formula is C18H20FN3O4. The van der Waals surface area contributed by atoms with E-state index in [9.17, 15) is 19.1 Å². The van der Waals surface area contributed by atoms with Crippen molar-refractivity contribution in [3.05, 3.63) is 45.1 Å². The van der Waals surface area contributed by atoms with Crippen LogP contribution in [0.5, 0.6) is 0 Å². The van der Waals surface area contributed by atoms with Gasteiger partial charge in [-0.1, -0.05) is 0 Å².